The van der Waals surface area contributed by atoms with E-state index in [1.165, 1.54) is 13.1 Å². The van der Waals surface area contributed by atoms with Gasteiger partial charge in [0.2, 0.25) is 17.7 Å². The van der Waals surface area contributed by atoms with Crippen molar-refractivity contribution in [1.29, 1.82) is 0 Å². The molecular formula is C21H24ClN5O3. The van der Waals surface area contributed by atoms with Crippen molar-refractivity contribution < 1.29 is 14.4 Å². The van der Waals surface area contributed by atoms with Crippen LogP contribution in [0.4, 0.5) is 17.2 Å². The van der Waals surface area contributed by atoms with E-state index in [0.717, 1.165) is 0 Å². The van der Waals surface area contributed by atoms with Crippen molar-refractivity contribution in [3.8, 4) is 0 Å². The maximum atomic E-state index is 12.4. The quantitative estimate of drug-likeness (QED) is 0.655. The molecule has 0 radical (unpaired) electrons. The fourth-order valence-electron chi connectivity index (χ4n) is 3.28. The molecule has 0 aliphatic carbocycles. The van der Waals surface area contributed by atoms with Crippen LogP contribution in [-0.4, -0.2) is 47.2 Å². The molecule has 1 aliphatic heterocycles. The molecule has 158 valence electrons. The van der Waals surface area contributed by atoms with Gasteiger partial charge in [-0.1, -0.05) is 11.6 Å². The molecule has 30 heavy (non-hydrogen) atoms. The van der Waals surface area contributed by atoms with Crippen molar-refractivity contribution >= 4 is 46.5 Å². The number of amides is 3. The Morgan fingerprint density at radius 1 is 1.00 bits per heavy atom. The number of carbonyl (C=O) groups is 3. The molecule has 0 saturated carbocycles. The summed E-state index contributed by atoms with van der Waals surface area (Å²) in [6.07, 6.45) is 2.85. The summed E-state index contributed by atoms with van der Waals surface area (Å²) in [5, 5.41) is 8.86. The summed E-state index contributed by atoms with van der Waals surface area (Å²) in [5.41, 5.74) is 1.34. The van der Waals surface area contributed by atoms with Gasteiger partial charge in [0.1, 0.15) is 5.82 Å². The van der Waals surface area contributed by atoms with Crippen LogP contribution >= 0.6 is 11.6 Å². The van der Waals surface area contributed by atoms with Crippen molar-refractivity contribution in [3.63, 3.8) is 0 Å². The molecule has 0 atom stereocenters. The summed E-state index contributed by atoms with van der Waals surface area (Å²) in [5.74, 6) is 0.0517. The Labute approximate surface area is 180 Å². The van der Waals surface area contributed by atoms with Crippen LogP contribution in [0.5, 0.6) is 0 Å². The molecule has 9 heteroatoms. The average molecular weight is 430 g/mol. The van der Waals surface area contributed by atoms with Crippen LogP contribution in [0.15, 0.2) is 42.6 Å². The highest BCUT2D eigenvalue weighted by molar-refractivity contribution is 6.30. The summed E-state index contributed by atoms with van der Waals surface area (Å²) in [4.78, 5) is 41.9. The number of carbonyl (C=O) groups excluding carboxylic acids is 3. The molecule has 1 aliphatic rings. The monoisotopic (exact) mass is 429 g/mol. The molecule has 2 heterocycles. The van der Waals surface area contributed by atoms with Crippen molar-refractivity contribution in [3.05, 3.63) is 47.6 Å². The van der Waals surface area contributed by atoms with Crippen molar-refractivity contribution in [2.75, 3.05) is 35.6 Å². The SMILES string of the molecule is CC(=O)Nc1ccc(NC(=O)CN2CCC(C(=O)Nc3ccc(Cl)cn3)CC2)cc1. The molecule has 3 N–H and O–H groups in total. The van der Waals surface area contributed by atoms with Crippen molar-refractivity contribution in [2.45, 2.75) is 19.8 Å². The van der Waals surface area contributed by atoms with Gasteiger partial charge in [0.25, 0.3) is 0 Å². The number of piperidine rings is 1. The first-order chi connectivity index (χ1) is 14.4. The number of rotatable bonds is 6. The highest BCUT2D eigenvalue weighted by Gasteiger charge is 2.26. The summed E-state index contributed by atoms with van der Waals surface area (Å²) in [6.45, 7) is 3.04. The van der Waals surface area contributed by atoms with Gasteiger partial charge >= 0.3 is 0 Å². The Morgan fingerprint density at radius 2 is 1.63 bits per heavy atom. The van der Waals surface area contributed by atoms with E-state index in [1.54, 1.807) is 36.4 Å². The van der Waals surface area contributed by atoms with Gasteiger partial charge in [0, 0.05) is 30.4 Å². The van der Waals surface area contributed by atoms with Gasteiger partial charge in [-0.2, -0.15) is 0 Å². The molecule has 0 unspecified atom stereocenters. The molecule has 8 nitrogen and oxygen atoms in total. The van der Waals surface area contributed by atoms with E-state index >= 15 is 0 Å². The zero-order valence-electron chi connectivity index (χ0n) is 16.7. The van der Waals surface area contributed by atoms with Gasteiger partial charge in [-0.3, -0.25) is 19.3 Å². The smallest absolute Gasteiger partial charge is 0.238 e. The summed E-state index contributed by atoms with van der Waals surface area (Å²) in [7, 11) is 0. The molecule has 3 rings (SSSR count). The minimum absolute atomic E-state index is 0.0619. The molecule has 3 amide bonds. The van der Waals surface area contributed by atoms with Gasteiger partial charge in [0.15, 0.2) is 0 Å². The molecule has 1 fully saturated rings. The van der Waals surface area contributed by atoms with Crippen molar-refractivity contribution in [2.24, 2.45) is 5.92 Å². The number of likely N-dealkylation sites (tertiary alicyclic amines) is 1. The van der Waals surface area contributed by atoms with Crippen LogP contribution in [-0.2, 0) is 14.4 Å². The lowest BCUT2D eigenvalue weighted by Crippen LogP contribution is -2.41. The minimum atomic E-state index is -0.145. The number of nitrogens with one attached hydrogen (secondary N) is 3. The molecule has 0 bridgehead atoms. The van der Waals surface area contributed by atoms with Crippen LogP contribution in [0.1, 0.15) is 19.8 Å². The molecule has 2 aromatic rings. The fraction of sp³-hybridized carbons (Fsp3) is 0.333. The first kappa shape index (κ1) is 21.7. The minimum Gasteiger partial charge on any atom is -0.326 e. The second kappa shape index (κ2) is 10.2. The standard InChI is InChI=1S/C21H24ClN5O3/c1-14(28)24-17-3-5-18(6-4-17)25-20(29)13-27-10-8-15(9-11-27)21(30)26-19-7-2-16(22)12-23-19/h2-7,12,15H,8-11,13H2,1H3,(H,24,28)(H,25,29)(H,23,26,30). The lowest BCUT2D eigenvalue weighted by molar-refractivity contribution is -0.121. The third-order valence-corrected chi connectivity index (χ3v) is 5.02. The molecule has 1 saturated heterocycles. The van der Waals surface area contributed by atoms with E-state index in [9.17, 15) is 14.4 Å². The second-order valence-electron chi connectivity index (χ2n) is 7.21. The Balaban J connectivity index is 1.41. The second-order valence-corrected chi connectivity index (χ2v) is 7.64. The molecule has 0 spiro atoms. The number of anilines is 3. The lowest BCUT2D eigenvalue weighted by Gasteiger charge is -2.30. The van der Waals surface area contributed by atoms with Crippen LogP contribution < -0.4 is 16.0 Å². The summed E-state index contributed by atoms with van der Waals surface area (Å²) >= 11 is 5.80. The fourth-order valence-corrected chi connectivity index (χ4v) is 3.39. The Bertz CT molecular complexity index is 894. The molecule has 1 aromatic carbocycles. The number of nitrogens with zero attached hydrogens (tertiary/aromatic N) is 2. The number of hydrogen-bond acceptors (Lipinski definition) is 5. The van der Waals surface area contributed by atoms with E-state index in [2.05, 4.69) is 20.9 Å². The van der Waals surface area contributed by atoms with Gasteiger partial charge in [-0.25, -0.2) is 4.98 Å². The first-order valence-electron chi connectivity index (χ1n) is 9.71. The first-order valence-corrected chi connectivity index (χ1v) is 10.1. The van der Waals surface area contributed by atoms with E-state index in [1.807, 2.05) is 4.90 Å². The largest absolute Gasteiger partial charge is 0.326 e. The zero-order valence-corrected chi connectivity index (χ0v) is 17.4. The number of hydrogen-bond donors (Lipinski definition) is 3. The third-order valence-electron chi connectivity index (χ3n) is 4.79. The summed E-state index contributed by atoms with van der Waals surface area (Å²) < 4.78 is 0. The van der Waals surface area contributed by atoms with Gasteiger partial charge < -0.3 is 16.0 Å². The van der Waals surface area contributed by atoms with E-state index in [-0.39, 0.29) is 30.2 Å². The Morgan fingerprint density at radius 3 is 2.20 bits per heavy atom. The van der Waals surface area contributed by atoms with Gasteiger partial charge in [0.05, 0.1) is 11.6 Å². The topological polar surface area (TPSA) is 103 Å². The zero-order chi connectivity index (χ0) is 21.5. The van der Waals surface area contributed by atoms with Gasteiger partial charge in [-0.05, 0) is 62.3 Å². The molecule has 1 aromatic heterocycles. The van der Waals surface area contributed by atoms with Crippen molar-refractivity contribution in [1.82, 2.24) is 9.88 Å². The van der Waals surface area contributed by atoms with Crippen LogP contribution in [0, 0.1) is 5.92 Å². The van der Waals surface area contributed by atoms with E-state index in [4.69, 9.17) is 11.6 Å². The average Bonchev–Trinajstić information content (AvgIpc) is 2.71. The predicted octanol–water partition coefficient (Wildman–Crippen LogP) is 2.98. The molecular weight excluding hydrogens is 406 g/mol. The highest BCUT2D eigenvalue weighted by atomic mass is 35.5. The lowest BCUT2D eigenvalue weighted by atomic mass is 9.96. The maximum absolute atomic E-state index is 12.4. The Kier molecular flexibility index (Phi) is 7.37. The number of pyridine rings is 1. The van der Waals surface area contributed by atoms with E-state index in [0.29, 0.717) is 48.1 Å². The predicted molar refractivity (Wildman–Crippen MR) is 116 cm³/mol. The van der Waals surface area contributed by atoms with Crippen LogP contribution in [0.3, 0.4) is 0 Å². The number of benzene rings is 1. The van der Waals surface area contributed by atoms with E-state index < -0.39 is 0 Å². The highest BCUT2D eigenvalue weighted by Crippen LogP contribution is 2.20. The van der Waals surface area contributed by atoms with Gasteiger partial charge in [-0.15, -0.1) is 0 Å². The third kappa shape index (κ3) is 6.53. The number of halogens is 1. The summed E-state index contributed by atoms with van der Waals surface area (Å²) in [6, 6.07) is 10.3. The normalized spacial score (nSPS) is 14.7. The Hall–Kier alpha value is -2.97. The van der Waals surface area contributed by atoms with Crippen LogP contribution in [0.25, 0.3) is 0 Å². The number of aromatic nitrogens is 1. The maximum Gasteiger partial charge on any atom is 0.238 e. The van der Waals surface area contributed by atoms with Crippen LogP contribution in [0.2, 0.25) is 5.02 Å².